The second-order valence-electron chi connectivity index (χ2n) is 5.55. The number of carbonyl (C=O) groups excluding carboxylic acids is 1. The number of para-hydroxylation sites is 1. The number of hydrogen-bond donors (Lipinski definition) is 2. The van der Waals surface area contributed by atoms with E-state index in [9.17, 15) is 4.79 Å². The van der Waals surface area contributed by atoms with Gasteiger partial charge >= 0.3 is 0 Å². The minimum absolute atomic E-state index is 0.178. The van der Waals surface area contributed by atoms with E-state index in [0.29, 0.717) is 0 Å². The van der Waals surface area contributed by atoms with Gasteiger partial charge in [-0.15, -0.1) is 0 Å². The average molecular weight is 260 g/mol. The monoisotopic (exact) mass is 260 g/mol. The minimum Gasteiger partial charge on any atom is -0.325 e. The van der Waals surface area contributed by atoms with Crippen molar-refractivity contribution < 1.29 is 4.79 Å². The van der Waals surface area contributed by atoms with E-state index in [1.54, 1.807) is 0 Å². The zero-order chi connectivity index (χ0) is 13.7. The van der Waals surface area contributed by atoms with Crippen LogP contribution in [-0.2, 0) is 4.79 Å². The van der Waals surface area contributed by atoms with Crippen LogP contribution in [0.5, 0.6) is 0 Å². The number of aryl methyl sites for hydroxylation is 1. The standard InChI is InChI=1S/C16H24N2O/c1-3-8-16(9-11-17-12-10-16)15(19)18-14-7-5-4-6-13(14)2/h4-7,17H,3,8-12H2,1-2H3,(H,18,19). The van der Waals surface area contributed by atoms with Gasteiger partial charge in [-0.25, -0.2) is 0 Å². The van der Waals surface area contributed by atoms with Crippen molar-refractivity contribution in [1.82, 2.24) is 5.32 Å². The summed E-state index contributed by atoms with van der Waals surface area (Å²) < 4.78 is 0. The molecule has 1 aliphatic rings. The van der Waals surface area contributed by atoms with E-state index in [2.05, 4.69) is 17.6 Å². The number of nitrogens with one attached hydrogen (secondary N) is 2. The molecular weight excluding hydrogens is 236 g/mol. The Hall–Kier alpha value is -1.35. The van der Waals surface area contributed by atoms with Crippen molar-refractivity contribution in [3.63, 3.8) is 0 Å². The van der Waals surface area contributed by atoms with Crippen LogP contribution < -0.4 is 10.6 Å². The summed E-state index contributed by atoms with van der Waals surface area (Å²) in [7, 11) is 0. The molecule has 1 amide bonds. The highest BCUT2D eigenvalue weighted by atomic mass is 16.2. The molecule has 0 aliphatic carbocycles. The van der Waals surface area contributed by atoms with Crippen molar-refractivity contribution in [3.05, 3.63) is 29.8 Å². The van der Waals surface area contributed by atoms with Crippen molar-refractivity contribution in [2.75, 3.05) is 18.4 Å². The number of rotatable bonds is 4. The number of carbonyl (C=O) groups is 1. The summed E-state index contributed by atoms with van der Waals surface area (Å²) in [4.78, 5) is 12.7. The normalized spacial score (nSPS) is 18.0. The van der Waals surface area contributed by atoms with Crippen LogP contribution in [0.25, 0.3) is 0 Å². The molecule has 1 heterocycles. The second kappa shape index (κ2) is 6.20. The lowest BCUT2D eigenvalue weighted by molar-refractivity contribution is -0.127. The molecule has 3 heteroatoms. The first-order valence-corrected chi connectivity index (χ1v) is 7.26. The molecule has 0 radical (unpaired) electrons. The van der Waals surface area contributed by atoms with Crippen molar-refractivity contribution in [2.45, 2.75) is 39.5 Å². The zero-order valence-electron chi connectivity index (χ0n) is 12.0. The Kier molecular flexibility index (Phi) is 4.59. The first-order chi connectivity index (χ1) is 9.18. The SMILES string of the molecule is CCCC1(C(=O)Nc2ccccc2C)CCNCC1. The molecule has 104 valence electrons. The lowest BCUT2D eigenvalue weighted by Gasteiger charge is -2.36. The highest BCUT2D eigenvalue weighted by Gasteiger charge is 2.38. The van der Waals surface area contributed by atoms with E-state index in [-0.39, 0.29) is 11.3 Å². The lowest BCUT2D eigenvalue weighted by atomic mass is 9.74. The smallest absolute Gasteiger partial charge is 0.230 e. The fraction of sp³-hybridized carbons (Fsp3) is 0.562. The molecule has 1 aliphatic heterocycles. The molecule has 0 atom stereocenters. The molecule has 1 fully saturated rings. The first kappa shape index (κ1) is 14.1. The van der Waals surface area contributed by atoms with Gasteiger partial charge in [0.2, 0.25) is 5.91 Å². The molecule has 0 aromatic heterocycles. The van der Waals surface area contributed by atoms with Gasteiger partial charge < -0.3 is 10.6 Å². The molecule has 2 N–H and O–H groups in total. The lowest BCUT2D eigenvalue weighted by Crippen LogP contribution is -2.44. The van der Waals surface area contributed by atoms with E-state index in [1.165, 1.54) is 0 Å². The third kappa shape index (κ3) is 3.16. The Balaban J connectivity index is 2.14. The van der Waals surface area contributed by atoms with Crippen LogP contribution in [0.15, 0.2) is 24.3 Å². The highest BCUT2D eigenvalue weighted by molar-refractivity contribution is 5.96. The molecule has 0 bridgehead atoms. The maximum absolute atomic E-state index is 12.7. The number of amides is 1. The summed E-state index contributed by atoms with van der Waals surface area (Å²) >= 11 is 0. The Morgan fingerprint density at radius 3 is 2.63 bits per heavy atom. The number of anilines is 1. The van der Waals surface area contributed by atoms with Crippen LogP contribution in [0.4, 0.5) is 5.69 Å². The van der Waals surface area contributed by atoms with Crippen LogP contribution in [0, 0.1) is 12.3 Å². The molecule has 1 saturated heterocycles. The van der Waals surface area contributed by atoms with Crippen LogP contribution in [0.2, 0.25) is 0 Å². The maximum atomic E-state index is 12.7. The summed E-state index contributed by atoms with van der Waals surface area (Å²) in [5, 5.41) is 6.49. The van der Waals surface area contributed by atoms with Gasteiger partial charge in [-0.3, -0.25) is 4.79 Å². The van der Waals surface area contributed by atoms with Crippen molar-refractivity contribution in [2.24, 2.45) is 5.41 Å². The van der Waals surface area contributed by atoms with E-state index >= 15 is 0 Å². The zero-order valence-corrected chi connectivity index (χ0v) is 12.0. The minimum atomic E-state index is -0.178. The molecule has 1 aromatic carbocycles. The Morgan fingerprint density at radius 2 is 2.00 bits per heavy atom. The van der Waals surface area contributed by atoms with Gasteiger partial charge in [0.15, 0.2) is 0 Å². The van der Waals surface area contributed by atoms with Gasteiger partial charge in [-0.2, -0.15) is 0 Å². The van der Waals surface area contributed by atoms with Crippen molar-refractivity contribution >= 4 is 11.6 Å². The molecule has 0 saturated carbocycles. The fourth-order valence-corrected chi connectivity index (χ4v) is 2.94. The summed E-state index contributed by atoms with van der Waals surface area (Å²) in [6.45, 7) is 6.08. The van der Waals surface area contributed by atoms with Gasteiger partial charge in [-0.1, -0.05) is 31.5 Å². The molecular formula is C16H24N2O. The predicted molar refractivity (Wildman–Crippen MR) is 79.3 cm³/mol. The van der Waals surface area contributed by atoms with Crippen molar-refractivity contribution in [1.29, 1.82) is 0 Å². The van der Waals surface area contributed by atoms with Gasteiger partial charge in [-0.05, 0) is 50.9 Å². The molecule has 19 heavy (non-hydrogen) atoms. The number of piperidine rings is 1. The molecule has 0 spiro atoms. The highest BCUT2D eigenvalue weighted by Crippen LogP contribution is 2.35. The third-order valence-corrected chi connectivity index (χ3v) is 4.16. The second-order valence-corrected chi connectivity index (χ2v) is 5.55. The molecule has 3 nitrogen and oxygen atoms in total. The summed E-state index contributed by atoms with van der Waals surface area (Å²) in [5.41, 5.74) is 1.89. The van der Waals surface area contributed by atoms with Crippen LogP contribution in [0.3, 0.4) is 0 Å². The quantitative estimate of drug-likeness (QED) is 0.873. The van der Waals surface area contributed by atoms with Gasteiger partial charge in [0, 0.05) is 5.69 Å². The van der Waals surface area contributed by atoms with E-state index in [0.717, 1.165) is 50.0 Å². The van der Waals surface area contributed by atoms with Crippen LogP contribution in [-0.4, -0.2) is 19.0 Å². The summed E-state index contributed by atoms with van der Waals surface area (Å²) in [6, 6.07) is 7.98. The van der Waals surface area contributed by atoms with Crippen molar-refractivity contribution in [3.8, 4) is 0 Å². The number of hydrogen-bond acceptors (Lipinski definition) is 2. The maximum Gasteiger partial charge on any atom is 0.230 e. The van der Waals surface area contributed by atoms with Gasteiger partial charge in [0.1, 0.15) is 0 Å². The fourth-order valence-electron chi connectivity index (χ4n) is 2.94. The molecule has 2 rings (SSSR count). The van der Waals surface area contributed by atoms with E-state index in [4.69, 9.17) is 0 Å². The Morgan fingerprint density at radius 1 is 1.32 bits per heavy atom. The topological polar surface area (TPSA) is 41.1 Å². The number of benzene rings is 1. The summed E-state index contributed by atoms with van der Waals surface area (Å²) in [5.74, 6) is 0.199. The molecule has 1 aromatic rings. The average Bonchev–Trinajstić information content (AvgIpc) is 2.42. The summed E-state index contributed by atoms with van der Waals surface area (Å²) in [6.07, 6.45) is 3.92. The largest absolute Gasteiger partial charge is 0.325 e. The third-order valence-electron chi connectivity index (χ3n) is 4.16. The van der Waals surface area contributed by atoms with Crippen LogP contribution in [0.1, 0.15) is 38.2 Å². The Labute approximate surface area is 115 Å². The molecule has 0 unspecified atom stereocenters. The van der Waals surface area contributed by atoms with E-state index in [1.807, 2.05) is 31.2 Å². The van der Waals surface area contributed by atoms with Gasteiger partial charge in [0.25, 0.3) is 0 Å². The first-order valence-electron chi connectivity index (χ1n) is 7.26. The van der Waals surface area contributed by atoms with Crippen LogP contribution >= 0.6 is 0 Å². The predicted octanol–water partition coefficient (Wildman–Crippen LogP) is 3.10. The van der Waals surface area contributed by atoms with Gasteiger partial charge in [0.05, 0.1) is 5.41 Å². The van der Waals surface area contributed by atoms with E-state index < -0.39 is 0 Å². The Bertz CT molecular complexity index is 431.